The third-order valence-electron chi connectivity index (χ3n) is 5.85. The number of aromatic nitrogens is 1. The van der Waals surface area contributed by atoms with E-state index in [1.165, 1.54) is 0 Å². The Labute approximate surface area is 201 Å². The minimum absolute atomic E-state index is 0.379. The zero-order chi connectivity index (χ0) is 23.4. The van der Waals surface area contributed by atoms with Crippen LogP contribution in [0.1, 0.15) is 25.0 Å². The average Bonchev–Trinajstić information content (AvgIpc) is 2.83. The van der Waals surface area contributed by atoms with Gasteiger partial charge in [-0.25, -0.2) is 8.42 Å². The van der Waals surface area contributed by atoms with Crippen LogP contribution in [0.5, 0.6) is 0 Å². The van der Waals surface area contributed by atoms with Crippen LogP contribution in [-0.2, 0) is 10.0 Å². The summed E-state index contributed by atoms with van der Waals surface area (Å²) in [5.74, 6) is 0. The zero-order valence-corrected chi connectivity index (χ0v) is 20.4. The van der Waals surface area contributed by atoms with Crippen molar-refractivity contribution < 1.29 is 8.42 Å². The van der Waals surface area contributed by atoms with Crippen molar-refractivity contribution in [3.05, 3.63) is 83.1 Å². The summed E-state index contributed by atoms with van der Waals surface area (Å²) in [4.78, 5) is 6.31. The molecule has 7 heteroatoms. The first-order chi connectivity index (χ1) is 15.8. The monoisotopic (exact) mass is 481 g/mol. The molecule has 1 aromatic heterocycles. The number of hydrogen-bond acceptors (Lipinski definition) is 4. The van der Waals surface area contributed by atoms with Crippen LogP contribution < -0.4 is 4.90 Å². The number of sulfonamides is 1. The Kier molecular flexibility index (Phi) is 7.17. The van der Waals surface area contributed by atoms with E-state index in [-0.39, 0.29) is 5.25 Å². The summed E-state index contributed by atoms with van der Waals surface area (Å²) >= 11 is 6.35. The van der Waals surface area contributed by atoms with Gasteiger partial charge in [0, 0.05) is 49.3 Å². The van der Waals surface area contributed by atoms with Crippen molar-refractivity contribution in [3.63, 3.8) is 0 Å². The molecule has 0 atom stereocenters. The second-order valence-electron chi connectivity index (χ2n) is 8.41. The summed E-state index contributed by atoms with van der Waals surface area (Å²) in [7, 11) is -3.18. The quantitative estimate of drug-likeness (QED) is 0.440. The summed E-state index contributed by atoms with van der Waals surface area (Å²) in [6, 6.07) is 18.3. The number of rotatable bonds is 6. The van der Waals surface area contributed by atoms with E-state index < -0.39 is 10.0 Å². The van der Waals surface area contributed by atoms with Crippen LogP contribution in [-0.4, -0.2) is 49.1 Å². The zero-order valence-electron chi connectivity index (χ0n) is 18.9. The fraction of sp³-hybridized carbons (Fsp3) is 0.269. The molecule has 4 rings (SSSR count). The molecule has 172 valence electrons. The van der Waals surface area contributed by atoms with E-state index in [4.69, 9.17) is 11.6 Å². The first-order valence-electron chi connectivity index (χ1n) is 11.1. The number of nitrogens with zero attached hydrogens (tertiary/aromatic N) is 3. The lowest BCUT2D eigenvalue weighted by Crippen LogP contribution is -2.50. The largest absolute Gasteiger partial charge is 0.369 e. The Bertz CT molecular complexity index is 1220. The van der Waals surface area contributed by atoms with Crippen molar-refractivity contribution in [1.82, 2.24) is 9.29 Å². The van der Waals surface area contributed by atoms with E-state index in [0.717, 1.165) is 27.9 Å². The van der Waals surface area contributed by atoms with Crippen LogP contribution in [0.2, 0.25) is 5.02 Å². The molecule has 0 aliphatic carbocycles. The second kappa shape index (κ2) is 10.1. The van der Waals surface area contributed by atoms with Crippen molar-refractivity contribution in [3.8, 4) is 11.1 Å². The van der Waals surface area contributed by atoms with Crippen LogP contribution in [0.3, 0.4) is 0 Å². The van der Waals surface area contributed by atoms with Crippen molar-refractivity contribution in [2.24, 2.45) is 0 Å². The second-order valence-corrected chi connectivity index (χ2v) is 11.3. The van der Waals surface area contributed by atoms with E-state index in [0.29, 0.717) is 31.2 Å². The van der Waals surface area contributed by atoms with E-state index >= 15 is 0 Å². The van der Waals surface area contributed by atoms with Gasteiger partial charge in [-0.3, -0.25) is 4.98 Å². The molecule has 0 radical (unpaired) electrons. The summed E-state index contributed by atoms with van der Waals surface area (Å²) in [6.45, 7) is 5.91. The lowest BCUT2D eigenvalue weighted by atomic mass is 10.0. The van der Waals surface area contributed by atoms with Crippen molar-refractivity contribution in [2.45, 2.75) is 19.1 Å². The molecule has 5 nitrogen and oxygen atoms in total. The van der Waals surface area contributed by atoms with Crippen molar-refractivity contribution in [2.75, 3.05) is 31.1 Å². The molecule has 33 heavy (non-hydrogen) atoms. The van der Waals surface area contributed by atoms with Gasteiger partial charge in [0.05, 0.1) is 5.25 Å². The highest BCUT2D eigenvalue weighted by Crippen LogP contribution is 2.26. The molecule has 0 bridgehead atoms. The molecule has 1 fully saturated rings. The number of piperazine rings is 1. The fourth-order valence-electron chi connectivity index (χ4n) is 3.91. The highest BCUT2D eigenvalue weighted by Gasteiger charge is 2.29. The normalized spacial score (nSPS) is 15.5. The Morgan fingerprint density at radius 2 is 1.48 bits per heavy atom. The van der Waals surface area contributed by atoms with Gasteiger partial charge in [-0.2, -0.15) is 4.31 Å². The maximum Gasteiger partial charge on any atom is 0.216 e. The molecule has 2 heterocycles. The molecule has 3 aromatic rings. The maximum atomic E-state index is 12.4. The lowest BCUT2D eigenvalue weighted by molar-refractivity contribution is 0.381. The average molecular weight is 482 g/mol. The van der Waals surface area contributed by atoms with Gasteiger partial charge >= 0.3 is 0 Å². The van der Waals surface area contributed by atoms with E-state index in [2.05, 4.69) is 52.4 Å². The minimum Gasteiger partial charge on any atom is -0.369 e. The third kappa shape index (κ3) is 5.64. The highest BCUT2D eigenvalue weighted by molar-refractivity contribution is 7.89. The number of hydrogen-bond donors (Lipinski definition) is 0. The van der Waals surface area contributed by atoms with Gasteiger partial charge in [-0.1, -0.05) is 35.9 Å². The Morgan fingerprint density at radius 1 is 0.848 bits per heavy atom. The standard InChI is InChI=1S/C26H28ClN3O2S/c1-20(2)33(31,32)30-15-13-29(14-16-30)26-7-5-21(6-8-26)3-4-22-17-24(19-25(27)18-22)23-9-11-28-12-10-23/h3-12,17-20H,13-16H2,1-2H3/b4-3+. The van der Waals surface area contributed by atoms with Crippen LogP contribution >= 0.6 is 11.6 Å². The Balaban J connectivity index is 1.42. The molecule has 0 spiro atoms. The number of halogens is 1. The molecule has 0 N–H and O–H groups in total. The van der Waals surface area contributed by atoms with Gasteiger partial charge in [0.25, 0.3) is 0 Å². The molecule has 0 amide bonds. The molecule has 0 saturated carbocycles. The summed E-state index contributed by atoms with van der Waals surface area (Å²) in [5, 5.41) is 0.313. The number of anilines is 1. The topological polar surface area (TPSA) is 53.5 Å². The first-order valence-corrected chi connectivity index (χ1v) is 12.9. The number of pyridine rings is 1. The highest BCUT2D eigenvalue weighted by atomic mass is 35.5. The Hall–Kier alpha value is -2.67. The van der Waals surface area contributed by atoms with E-state index in [1.807, 2.05) is 24.3 Å². The van der Waals surface area contributed by atoms with Gasteiger partial charge in [0.15, 0.2) is 0 Å². The molecular formula is C26H28ClN3O2S. The fourth-order valence-corrected chi connectivity index (χ4v) is 5.42. The predicted octanol–water partition coefficient (Wildman–Crippen LogP) is 5.43. The molecule has 0 unspecified atom stereocenters. The van der Waals surface area contributed by atoms with Gasteiger partial charge in [0.2, 0.25) is 10.0 Å². The third-order valence-corrected chi connectivity index (χ3v) is 8.35. The molecular weight excluding hydrogens is 454 g/mol. The Morgan fingerprint density at radius 3 is 2.12 bits per heavy atom. The SMILES string of the molecule is CC(C)S(=O)(=O)N1CCN(c2ccc(/C=C/c3cc(Cl)cc(-c4ccncc4)c3)cc2)CC1. The van der Waals surface area contributed by atoms with Gasteiger partial charge < -0.3 is 4.90 Å². The molecule has 1 saturated heterocycles. The van der Waals surface area contributed by atoms with Gasteiger partial charge in [-0.05, 0) is 78.6 Å². The molecule has 2 aromatic carbocycles. The van der Waals surface area contributed by atoms with Crippen LogP contribution in [0, 0.1) is 0 Å². The summed E-state index contributed by atoms with van der Waals surface area (Å²) < 4.78 is 26.4. The molecule has 1 aliphatic heterocycles. The lowest BCUT2D eigenvalue weighted by Gasteiger charge is -2.36. The van der Waals surface area contributed by atoms with Crippen LogP contribution in [0.25, 0.3) is 23.3 Å². The van der Waals surface area contributed by atoms with Crippen molar-refractivity contribution in [1.29, 1.82) is 0 Å². The summed E-state index contributed by atoms with van der Waals surface area (Å²) in [6.07, 6.45) is 7.67. The number of benzene rings is 2. The van der Waals surface area contributed by atoms with Gasteiger partial charge in [-0.15, -0.1) is 0 Å². The van der Waals surface area contributed by atoms with Crippen molar-refractivity contribution >= 4 is 39.5 Å². The maximum absolute atomic E-state index is 12.4. The molecule has 1 aliphatic rings. The summed E-state index contributed by atoms with van der Waals surface area (Å²) in [5.41, 5.74) is 5.36. The first kappa shape index (κ1) is 23.5. The van der Waals surface area contributed by atoms with Crippen LogP contribution in [0.15, 0.2) is 67.0 Å². The van der Waals surface area contributed by atoms with E-state index in [9.17, 15) is 8.42 Å². The minimum atomic E-state index is -3.18. The van der Waals surface area contributed by atoms with Crippen LogP contribution in [0.4, 0.5) is 5.69 Å². The predicted molar refractivity (Wildman–Crippen MR) is 138 cm³/mol. The van der Waals surface area contributed by atoms with Gasteiger partial charge in [0.1, 0.15) is 0 Å². The van der Waals surface area contributed by atoms with E-state index in [1.54, 1.807) is 30.5 Å². The smallest absolute Gasteiger partial charge is 0.216 e.